The van der Waals surface area contributed by atoms with Crippen molar-refractivity contribution in [2.75, 3.05) is 13.1 Å². The zero-order valence-corrected chi connectivity index (χ0v) is 12.3. The lowest BCUT2D eigenvalue weighted by Gasteiger charge is -2.26. The molecule has 1 N–H and O–H groups in total. The zero-order valence-electron chi connectivity index (χ0n) is 11.5. The van der Waals surface area contributed by atoms with Crippen molar-refractivity contribution in [1.82, 2.24) is 13.9 Å². The molecule has 6 nitrogen and oxygen atoms in total. The van der Waals surface area contributed by atoms with Crippen molar-refractivity contribution in [1.29, 1.82) is 0 Å². The van der Waals surface area contributed by atoms with Gasteiger partial charge in [-0.1, -0.05) is 6.92 Å². The first-order valence-corrected chi connectivity index (χ1v) is 7.24. The van der Waals surface area contributed by atoms with Gasteiger partial charge in [-0.25, -0.2) is 13.4 Å². The van der Waals surface area contributed by atoms with Gasteiger partial charge in [-0.05, 0) is 20.8 Å². The minimum Gasteiger partial charge on any atom is -0.389 e. The van der Waals surface area contributed by atoms with Crippen LogP contribution in [0.1, 0.15) is 26.6 Å². The second kappa shape index (κ2) is 4.99. The molecule has 1 rings (SSSR count). The molecule has 0 saturated heterocycles. The van der Waals surface area contributed by atoms with Gasteiger partial charge in [0.2, 0.25) is 0 Å². The summed E-state index contributed by atoms with van der Waals surface area (Å²) in [6.45, 7) is 6.97. The number of aliphatic hydroxyl groups is 1. The number of aromatic nitrogens is 2. The number of imidazole rings is 1. The van der Waals surface area contributed by atoms with Crippen LogP contribution in [0.25, 0.3) is 0 Å². The van der Waals surface area contributed by atoms with Crippen molar-refractivity contribution in [3.8, 4) is 0 Å². The number of likely N-dealkylation sites (N-methyl/N-ethyl adjacent to an activating group) is 1. The highest BCUT2D eigenvalue weighted by Gasteiger charge is 2.30. The Labute approximate surface area is 108 Å². The van der Waals surface area contributed by atoms with E-state index in [1.165, 1.54) is 10.5 Å². The number of aryl methyl sites for hydroxylation is 2. The van der Waals surface area contributed by atoms with Crippen LogP contribution < -0.4 is 0 Å². The fourth-order valence-corrected chi connectivity index (χ4v) is 3.21. The first-order chi connectivity index (χ1) is 8.08. The smallest absolute Gasteiger partial charge is 0.262 e. The predicted molar refractivity (Wildman–Crippen MR) is 68.7 cm³/mol. The summed E-state index contributed by atoms with van der Waals surface area (Å²) in [7, 11) is -1.90. The van der Waals surface area contributed by atoms with Crippen molar-refractivity contribution in [3.63, 3.8) is 0 Å². The summed E-state index contributed by atoms with van der Waals surface area (Å²) in [5.74, 6) is 0.632. The summed E-state index contributed by atoms with van der Waals surface area (Å²) in [6.07, 6.45) is 1.48. The highest BCUT2D eigenvalue weighted by atomic mass is 32.2. The first-order valence-electron chi connectivity index (χ1n) is 5.80. The molecule has 0 unspecified atom stereocenters. The molecule has 1 aromatic rings. The maximum Gasteiger partial charge on any atom is 0.262 e. The minimum atomic E-state index is -3.64. The van der Waals surface area contributed by atoms with E-state index in [2.05, 4.69) is 4.98 Å². The molecule has 0 fully saturated rings. The normalized spacial score (nSPS) is 13.3. The van der Waals surface area contributed by atoms with Gasteiger partial charge in [0.05, 0.1) is 5.60 Å². The maximum atomic E-state index is 12.3. The van der Waals surface area contributed by atoms with Crippen LogP contribution in [-0.2, 0) is 17.1 Å². The highest BCUT2D eigenvalue weighted by molar-refractivity contribution is 7.89. The van der Waals surface area contributed by atoms with Gasteiger partial charge in [0.25, 0.3) is 10.0 Å². The fraction of sp³-hybridized carbons (Fsp3) is 0.727. The third-order valence-electron chi connectivity index (χ3n) is 2.61. The van der Waals surface area contributed by atoms with Crippen LogP contribution in [0.4, 0.5) is 0 Å². The third-order valence-corrected chi connectivity index (χ3v) is 4.40. The van der Waals surface area contributed by atoms with Gasteiger partial charge in [-0.2, -0.15) is 4.31 Å². The van der Waals surface area contributed by atoms with E-state index >= 15 is 0 Å². The number of hydrogen-bond donors (Lipinski definition) is 1. The Morgan fingerprint density at radius 2 is 2.06 bits per heavy atom. The van der Waals surface area contributed by atoms with Crippen molar-refractivity contribution < 1.29 is 13.5 Å². The zero-order chi connectivity index (χ0) is 14.1. The molecule has 0 radical (unpaired) electrons. The second-order valence-electron chi connectivity index (χ2n) is 4.98. The van der Waals surface area contributed by atoms with Gasteiger partial charge >= 0.3 is 0 Å². The van der Waals surface area contributed by atoms with Gasteiger partial charge in [0.1, 0.15) is 5.82 Å². The van der Waals surface area contributed by atoms with E-state index in [-0.39, 0.29) is 11.6 Å². The van der Waals surface area contributed by atoms with Crippen molar-refractivity contribution in [2.24, 2.45) is 7.05 Å². The maximum absolute atomic E-state index is 12.3. The molecule has 0 aromatic carbocycles. The Morgan fingerprint density at radius 3 is 2.39 bits per heavy atom. The minimum absolute atomic E-state index is 0.0219. The summed E-state index contributed by atoms with van der Waals surface area (Å²) in [5, 5.41) is 9.78. The molecular formula is C11H21N3O3S. The molecule has 0 spiro atoms. The van der Waals surface area contributed by atoms with Crippen LogP contribution in [0, 0.1) is 6.92 Å². The Kier molecular flexibility index (Phi) is 4.19. The average Bonchev–Trinajstić information content (AvgIpc) is 2.55. The Morgan fingerprint density at radius 1 is 1.50 bits per heavy atom. The van der Waals surface area contributed by atoms with Crippen molar-refractivity contribution in [3.05, 3.63) is 12.0 Å². The number of rotatable bonds is 5. The summed E-state index contributed by atoms with van der Waals surface area (Å²) in [6, 6.07) is 0. The summed E-state index contributed by atoms with van der Waals surface area (Å²) in [4.78, 5) is 4.03. The molecule has 0 aliphatic heterocycles. The molecular weight excluding hydrogens is 254 g/mol. The van der Waals surface area contributed by atoms with Crippen LogP contribution in [0.15, 0.2) is 11.2 Å². The lowest BCUT2D eigenvalue weighted by molar-refractivity contribution is 0.0601. The van der Waals surface area contributed by atoms with E-state index in [1.54, 1.807) is 39.3 Å². The molecule has 7 heteroatoms. The second-order valence-corrected chi connectivity index (χ2v) is 6.87. The molecule has 1 aromatic heterocycles. The largest absolute Gasteiger partial charge is 0.389 e. The van der Waals surface area contributed by atoms with E-state index in [4.69, 9.17) is 0 Å². The summed E-state index contributed by atoms with van der Waals surface area (Å²) in [5.41, 5.74) is -1.08. The van der Waals surface area contributed by atoms with Crippen LogP contribution in [0.2, 0.25) is 0 Å². The molecule has 0 atom stereocenters. The quantitative estimate of drug-likeness (QED) is 0.849. The summed E-state index contributed by atoms with van der Waals surface area (Å²) < 4.78 is 27.6. The van der Waals surface area contributed by atoms with Crippen LogP contribution in [0.5, 0.6) is 0 Å². The number of sulfonamides is 1. The van der Waals surface area contributed by atoms with E-state index < -0.39 is 15.6 Å². The third kappa shape index (κ3) is 3.30. The monoisotopic (exact) mass is 275 g/mol. The first kappa shape index (κ1) is 15.1. The SMILES string of the molecule is CCN(CC(C)(C)O)S(=O)(=O)c1cn(C)c(C)n1. The number of nitrogens with zero attached hydrogens (tertiary/aromatic N) is 3. The Hall–Kier alpha value is -0.920. The Balaban J connectivity index is 3.11. The van der Waals surface area contributed by atoms with Gasteiger partial charge in [-0.3, -0.25) is 0 Å². The topological polar surface area (TPSA) is 75.4 Å². The molecule has 0 saturated carbocycles. The lowest BCUT2D eigenvalue weighted by Crippen LogP contribution is -2.42. The van der Waals surface area contributed by atoms with Gasteiger partial charge in [-0.15, -0.1) is 0 Å². The highest BCUT2D eigenvalue weighted by Crippen LogP contribution is 2.17. The van der Waals surface area contributed by atoms with Gasteiger partial charge < -0.3 is 9.67 Å². The lowest BCUT2D eigenvalue weighted by atomic mass is 10.1. The molecule has 0 aliphatic carbocycles. The number of hydrogen-bond acceptors (Lipinski definition) is 4. The van der Waals surface area contributed by atoms with Crippen molar-refractivity contribution in [2.45, 2.75) is 38.3 Å². The standard InChI is InChI=1S/C11H21N3O3S/c1-6-14(8-11(3,4)15)18(16,17)10-7-13(5)9(2)12-10/h7,15H,6,8H2,1-5H3. The predicted octanol–water partition coefficient (Wildman–Crippen LogP) is 0.510. The van der Waals surface area contributed by atoms with Crippen LogP contribution >= 0.6 is 0 Å². The van der Waals surface area contributed by atoms with E-state index in [1.807, 2.05) is 0 Å². The van der Waals surface area contributed by atoms with E-state index in [0.29, 0.717) is 12.4 Å². The van der Waals surface area contributed by atoms with E-state index in [0.717, 1.165) is 0 Å². The average molecular weight is 275 g/mol. The van der Waals surface area contributed by atoms with E-state index in [9.17, 15) is 13.5 Å². The summed E-state index contributed by atoms with van der Waals surface area (Å²) >= 11 is 0. The van der Waals surface area contributed by atoms with Crippen LogP contribution in [0.3, 0.4) is 0 Å². The molecule has 18 heavy (non-hydrogen) atoms. The van der Waals surface area contributed by atoms with Crippen LogP contribution in [-0.4, -0.2) is 46.1 Å². The molecule has 0 amide bonds. The fourth-order valence-electron chi connectivity index (χ4n) is 1.58. The van der Waals surface area contributed by atoms with Crippen molar-refractivity contribution >= 4 is 10.0 Å². The Bertz CT molecular complexity index is 495. The molecule has 104 valence electrons. The molecule has 0 aliphatic rings. The van der Waals surface area contributed by atoms with Gasteiger partial charge in [0.15, 0.2) is 5.03 Å². The van der Waals surface area contributed by atoms with Gasteiger partial charge in [0, 0.05) is 26.3 Å². The molecule has 1 heterocycles. The molecule has 0 bridgehead atoms.